The average Bonchev–Trinajstić information content (AvgIpc) is 2.64. The van der Waals surface area contributed by atoms with E-state index in [0.29, 0.717) is 13.2 Å². The number of piperazine rings is 1. The molecule has 0 bridgehead atoms. The fraction of sp³-hybridized carbons (Fsp3) is 0.400. The first-order valence-electron chi connectivity index (χ1n) is 8.60. The van der Waals surface area contributed by atoms with Gasteiger partial charge in [-0.3, -0.25) is 4.90 Å². The topological polar surface area (TPSA) is 33.7 Å². The fourth-order valence-corrected chi connectivity index (χ4v) is 3.02. The number of rotatable bonds is 7. The van der Waals surface area contributed by atoms with E-state index in [9.17, 15) is 0 Å². The molecule has 128 valence electrons. The van der Waals surface area contributed by atoms with Crippen molar-refractivity contribution in [2.45, 2.75) is 6.54 Å². The molecule has 1 aliphatic heterocycles. The van der Waals surface area contributed by atoms with Crippen molar-refractivity contribution in [2.24, 2.45) is 0 Å². The summed E-state index contributed by atoms with van der Waals surface area (Å²) in [5.74, 6) is 0.885. The molecule has 4 heteroatoms. The smallest absolute Gasteiger partial charge is 0.119 e. The Balaban J connectivity index is 1.71. The Bertz CT molecular complexity index is 622. The van der Waals surface area contributed by atoms with Crippen molar-refractivity contribution in [1.82, 2.24) is 10.2 Å². The van der Waals surface area contributed by atoms with Crippen LogP contribution in [0.15, 0.2) is 48.5 Å². The number of nitrogens with zero attached hydrogens (tertiary/aromatic N) is 1. The van der Waals surface area contributed by atoms with E-state index < -0.39 is 0 Å². The number of hydrogen-bond donors (Lipinski definition) is 1. The second-order valence-electron chi connectivity index (χ2n) is 6.05. The van der Waals surface area contributed by atoms with Crippen LogP contribution in [-0.2, 0) is 11.3 Å². The van der Waals surface area contributed by atoms with Crippen molar-refractivity contribution in [3.05, 3.63) is 54.1 Å². The number of methoxy groups -OCH3 is 1. The Morgan fingerprint density at radius 1 is 0.958 bits per heavy atom. The third-order valence-electron chi connectivity index (χ3n) is 4.34. The maximum Gasteiger partial charge on any atom is 0.119 e. The van der Waals surface area contributed by atoms with Gasteiger partial charge in [-0.2, -0.15) is 0 Å². The molecular weight excluding hydrogens is 300 g/mol. The molecule has 4 nitrogen and oxygen atoms in total. The third-order valence-corrected chi connectivity index (χ3v) is 4.34. The molecule has 0 radical (unpaired) electrons. The van der Waals surface area contributed by atoms with Crippen LogP contribution >= 0.6 is 0 Å². The van der Waals surface area contributed by atoms with Gasteiger partial charge >= 0.3 is 0 Å². The molecule has 0 amide bonds. The largest absolute Gasteiger partial charge is 0.491 e. The minimum absolute atomic E-state index is 0.579. The van der Waals surface area contributed by atoms with Crippen molar-refractivity contribution in [1.29, 1.82) is 0 Å². The predicted octanol–water partition coefficient (Wildman–Crippen LogP) is 2.78. The zero-order valence-corrected chi connectivity index (χ0v) is 14.3. The molecule has 1 fully saturated rings. The molecule has 1 N–H and O–H groups in total. The van der Waals surface area contributed by atoms with Gasteiger partial charge in [0, 0.05) is 39.8 Å². The number of nitrogens with one attached hydrogen (secondary N) is 1. The molecule has 0 saturated carbocycles. The van der Waals surface area contributed by atoms with Crippen LogP contribution in [0.5, 0.6) is 5.75 Å². The van der Waals surface area contributed by atoms with Gasteiger partial charge in [0.1, 0.15) is 12.4 Å². The van der Waals surface area contributed by atoms with Crippen LogP contribution in [0.3, 0.4) is 0 Å². The lowest BCUT2D eigenvalue weighted by atomic mass is 9.99. The van der Waals surface area contributed by atoms with Crippen molar-refractivity contribution >= 4 is 0 Å². The van der Waals surface area contributed by atoms with Crippen LogP contribution in [0.4, 0.5) is 0 Å². The minimum atomic E-state index is 0.579. The normalized spacial score (nSPS) is 15.4. The van der Waals surface area contributed by atoms with Gasteiger partial charge in [0.2, 0.25) is 0 Å². The van der Waals surface area contributed by atoms with E-state index >= 15 is 0 Å². The Morgan fingerprint density at radius 2 is 1.71 bits per heavy atom. The van der Waals surface area contributed by atoms with Gasteiger partial charge < -0.3 is 14.8 Å². The molecule has 24 heavy (non-hydrogen) atoms. The SMILES string of the molecule is COCCOc1ccc(-c2ccccc2CN2CCNCC2)cc1. The fourth-order valence-electron chi connectivity index (χ4n) is 3.02. The summed E-state index contributed by atoms with van der Waals surface area (Å²) in [6, 6.07) is 17.0. The zero-order valence-electron chi connectivity index (χ0n) is 14.3. The molecule has 0 aliphatic carbocycles. The second-order valence-corrected chi connectivity index (χ2v) is 6.05. The highest BCUT2D eigenvalue weighted by molar-refractivity contribution is 5.67. The summed E-state index contributed by atoms with van der Waals surface area (Å²) in [5.41, 5.74) is 3.92. The molecule has 2 aromatic carbocycles. The minimum Gasteiger partial charge on any atom is -0.491 e. The number of benzene rings is 2. The lowest BCUT2D eigenvalue weighted by molar-refractivity contribution is 0.146. The second kappa shape index (κ2) is 8.83. The highest BCUT2D eigenvalue weighted by atomic mass is 16.5. The highest BCUT2D eigenvalue weighted by Crippen LogP contribution is 2.26. The van der Waals surface area contributed by atoms with E-state index in [4.69, 9.17) is 9.47 Å². The first-order chi connectivity index (χ1) is 11.9. The monoisotopic (exact) mass is 326 g/mol. The Morgan fingerprint density at radius 3 is 2.46 bits per heavy atom. The first-order valence-corrected chi connectivity index (χ1v) is 8.60. The quantitative estimate of drug-likeness (QED) is 0.793. The average molecular weight is 326 g/mol. The van der Waals surface area contributed by atoms with Crippen LogP contribution in [0, 0.1) is 0 Å². The van der Waals surface area contributed by atoms with Gasteiger partial charge in [-0.05, 0) is 28.8 Å². The van der Waals surface area contributed by atoms with E-state index in [1.165, 1.54) is 16.7 Å². The van der Waals surface area contributed by atoms with Crippen molar-refractivity contribution in [3.8, 4) is 16.9 Å². The summed E-state index contributed by atoms with van der Waals surface area (Å²) in [7, 11) is 1.68. The van der Waals surface area contributed by atoms with Gasteiger partial charge in [0.25, 0.3) is 0 Å². The molecule has 1 heterocycles. The predicted molar refractivity (Wildman–Crippen MR) is 97.4 cm³/mol. The molecule has 0 atom stereocenters. The third kappa shape index (κ3) is 4.57. The van der Waals surface area contributed by atoms with Gasteiger partial charge in [0.15, 0.2) is 0 Å². The van der Waals surface area contributed by atoms with E-state index in [2.05, 4.69) is 46.6 Å². The van der Waals surface area contributed by atoms with Crippen LogP contribution < -0.4 is 10.1 Å². The molecule has 0 unspecified atom stereocenters. The standard InChI is InChI=1S/C20H26N2O2/c1-23-14-15-24-19-8-6-17(7-9-19)20-5-3-2-4-18(20)16-22-12-10-21-11-13-22/h2-9,21H,10-16H2,1H3. The Hall–Kier alpha value is -1.88. The van der Waals surface area contributed by atoms with E-state index in [0.717, 1.165) is 38.5 Å². The molecule has 1 aliphatic rings. The van der Waals surface area contributed by atoms with Crippen LogP contribution in [0.2, 0.25) is 0 Å². The van der Waals surface area contributed by atoms with Crippen LogP contribution in [0.25, 0.3) is 11.1 Å². The molecule has 0 aromatic heterocycles. The Kier molecular flexibility index (Phi) is 6.24. The molecule has 2 aromatic rings. The maximum atomic E-state index is 5.65. The van der Waals surface area contributed by atoms with Crippen molar-refractivity contribution in [2.75, 3.05) is 46.5 Å². The van der Waals surface area contributed by atoms with Crippen molar-refractivity contribution < 1.29 is 9.47 Å². The highest BCUT2D eigenvalue weighted by Gasteiger charge is 2.12. The van der Waals surface area contributed by atoms with Gasteiger partial charge in [0.05, 0.1) is 6.61 Å². The van der Waals surface area contributed by atoms with Crippen LogP contribution in [0.1, 0.15) is 5.56 Å². The number of ether oxygens (including phenoxy) is 2. The summed E-state index contributed by atoms with van der Waals surface area (Å²) >= 11 is 0. The van der Waals surface area contributed by atoms with Gasteiger partial charge in [-0.25, -0.2) is 0 Å². The summed E-state index contributed by atoms with van der Waals surface area (Å²) in [5, 5.41) is 3.41. The van der Waals surface area contributed by atoms with E-state index in [1.54, 1.807) is 7.11 Å². The Labute approximate surface area is 144 Å². The lowest BCUT2D eigenvalue weighted by Gasteiger charge is -2.28. The zero-order chi connectivity index (χ0) is 16.6. The lowest BCUT2D eigenvalue weighted by Crippen LogP contribution is -2.42. The molecule has 3 rings (SSSR count). The molecule has 0 spiro atoms. The molecular formula is C20H26N2O2. The summed E-state index contributed by atoms with van der Waals surface area (Å²) in [4.78, 5) is 2.51. The summed E-state index contributed by atoms with van der Waals surface area (Å²) in [6.07, 6.45) is 0. The van der Waals surface area contributed by atoms with E-state index in [-0.39, 0.29) is 0 Å². The number of hydrogen-bond acceptors (Lipinski definition) is 4. The van der Waals surface area contributed by atoms with Gasteiger partial charge in [-0.15, -0.1) is 0 Å². The first kappa shape index (κ1) is 17.0. The summed E-state index contributed by atoms with van der Waals surface area (Å²) < 4.78 is 10.7. The summed E-state index contributed by atoms with van der Waals surface area (Å²) in [6.45, 7) is 6.57. The molecule has 1 saturated heterocycles. The van der Waals surface area contributed by atoms with Crippen molar-refractivity contribution in [3.63, 3.8) is 0 Å². The van der Waals surface area contributed by atoms with Crippen LogP contribution in [-0.4, -0.2) is 51.4 Å². The van der Waals surface area contributed by atoms with E-state index in [1.807, 2.05) is 12.1 Å². The van der Waals surface area contributed by atoms with Gasteiger partial charge in [-0.1, -0.05) is 36.4 Å². The maximum absolute atomic E-state index is 5.65.